The van der Waals surface area contributed by atoms with Gasteiger partial charge in [-0.2, -0.15) is 0 Å². The zero-order chi connectivity index (χ0) is 20.8. The van der Waals surface area contributed by atoms with Crippen molar-refractivity contribution in [3.8, 4) is 11.3 Å². The van der Waals surface area contributed by atoms with E-state index in [-0.39, 0.29) is 5.91 Å². The Balaban J connectivity index is 1.24. The van der Waals surface area contributed by atoms with Crippen LogP contribution in [0.2, 0.25) is 0 Å². The summed E-state index contributed by atoms with van der Waals surface area (Å²) in [5.74, 6) is 0.914. The minimum atomic E-state index is 0.0957. The van der Waals surface area contributed by atoms with Gasteiger partial charge in [0.15, 0.2) is 12.3 Å². The molecule has 30 heavy (non-hydrogen) atoms. The van der Waals surface area contributed by atoms with Gasteiger partial charge in [0.05, 0.1) is 0 Å². The highest BCUT2D eigenvalue weighted by atomic mass is 16.5. The monoisotopic (exact) mass is 406 g/mol. The van der Waals surface area contributed by atoms with Crippen LogP contribution in [0, 0.1) is 0 Å². The molecule has 0 atom stereocenters. The number of carbonyl (C=O) groups excluding carboxylic acids is 1. The highest BCUT2D eigenvalue weighted by Gasteiger charge is 2.26. The first-order chi connectivity index (χ1) is 14.7. The van der Waals surface area contributed by atoms with Crippen LogP contribution >= 0.6 is 0 Å². The van der Waals surface area contributed by atoms with Crippen molar-refractivity contribution in [3.63, 3.8) is 0 Å². The van der Waals surface area contributed by atoms with Gasteiger partial charge in [-0.3, -0.25) is 4.79 Å². The number of hydrogen-bond acceptors (Lipinski definition) is 3. The first-order valence-electron chi connectivity index (χ1n) is 10.8. The summed E-state index contributed by atoms with van der Waals surface area (Å²) in [6, 6.07) is 20.1. The molecule has 2 aromatic carbocycles. The van der Waals surface area contributed by atoms with Crippen molar-refractivity contribution < 1.29 is 19.1 Å². The lowest BCUT2D eigenvalue weighted by atomic mass is 10.1. The van der Waals surface area contributed by atoms with E-state index in [9.17, 15) is 4.79 Å². The van der Waals surface area contributed by atoms with E-state index < -0.39 is 0 Å². The van der Waals surface area contributed by atoms with E-state index in [2.05, 4.69) is 23.5 Å². The molecule has 3 aromatic rings. The lowest BCUT2D eigenvalue weighted by Gasteiger charge is -2.28. The summed E-state index contributed by atoms with van der Waals surface area (Å²) >= 11 is 0. The Labute approximate surface area is 177 Å². The van der Waals surface area contributed by atoms with E-state index in [4.69, 9.17) is 4.52 Å². The number of amides is 1. The van der Waals surface area contributed by atoms with E-state index in [1.54, 1.807) is 0 Å². The molecule has 4 rings (SSSR count). The van der Waals surface area contributed by atoms with E-state index >= 15 is 0 Å². The molecule has 3 N–H and O–H groups in total. The van der Waals surface area contributed by atoms with Gasteiger partial charge in [-0.15, -0.1) is 0 Å². The van der Waals surface area contributed by atoms with Crippen LogP contribution in [0.25, 0.3) is 11.3 Å². The number of para-hydroxylation sites is 1. The number of hydrogen-bond donors (Lipinski definition) is 3. The normalized spacial score (nSPS) is 18.8. The van der Waals surface area contributed by atoms with Crippen LogP contribution in [0.4, 0.5) is 5.69 Å². The first kappa shape index (κ1) is 20.3. The number of aromatic nitrogens is 1. The van der Waals surface area contributed by atoms with Gasteiger partial charge in [0.1, 0.15) is 38.4 Å². The number of quaternary nitrogens is 2. The second kappa shape index (κ2) is 9.69. The van der Waals surface area contributed by atoms with Crippen LogP contribution in [-0.4, -0.2) is 43.8 Å². The van der Waals surface area contributed by atoms with Crippen molar-refractivity contribution in [2.75, 3.05) is 38.0 Å². The van der Waals surface area contributed by atoms with E-state index in [0.717, 1.165) is 61.8 Å². The largest absolute Gasteiger partial charge is 0.356 e. The molecule has 0 saturated carbocycles. The molecule has 1 aromatic heterocycles. The van der Waals surface area contributed by atoms with Crippen LogP contribution < -0.4 is 15.1 Å². The van der Waals surface area contributed by atoms with Crippen LogP contribution in [-0.2, 0) is 17.8 Å². The minimum absolute atomic E-state index is 0.0957. The van der Waals surface area contributed by atoms with Crippen LogP contribution in [0.15, 0.2) is 65.2 Å². The molecular weight excluding hydrogens is 376 g/mol. The predicted octanol–water partition coefficient (Wildman–Crippen LogP) is 0.826. The molecule has 1 saturated heterocycles. The highest BCUT2D eigenvalue weighted by Crippen LogP contribution is 2.19. The molecular formula is C24H30N4O2+2. The summed E-state index contributed by atoms with van der Waals surface area (Å²) in [7, 11) is 0. The Morgan fingerprint density at radius 1 is 1.00 bits per heavy atom. The minimum Gasteiger partial charge on any atom is -0.356 e. The number of nitrogens with one attached hydrogen (secondary N) is 3. The van der Waals surface area contributed by atoms with Gasteiger partial charge in [-0.1, -0.05) is 60.6 Å². The summed E-state index contributed by atoms with van der Waals surface area (Å²) in [5.41, 5.74) is 4.16. The Bertz CT molecular complexity index is 962. The SMILES string of the molecule is CCc1ccccc1NC(=O)C[NH+]1CC[NH+](Cc2cc(-c3ccccc3)on2)CC1. The molecule has 1 fully saturated rings. The summed E-state index contributed by atoms with van der Waals surface area (Å²) in [5, 5.41) is 7.34. The summed E-state index contributed by atoms with van der Waals surface area (Å²) < 4.78 is 5.52. The standard InChI is InChI=1S/C24H28N4O2/c1-2-19-8-6-7-11-22(19)25-24(29)18-28-14-12-27(13-15-28)17-21-16-23(30-26-21)20-9-4-3-5-10-20/h3-11,16H,2,12-15,17-18H2,1H3,(H,25,29)/p+2. The summed E-state index contributed by atoms with van der Waals surface area (Å²) in [6.45, 7) is 7.52. The fourth-order valence-electron chi connectivity index (χ4n) is 4.07. The van der Waals surface area contributed by atoms with Crippen molar-refractivity contribution in [2.24, 2.45) is 0 Å². The summed E-state index contributed by atoms with van der Waals surface area (Å²) in [6.07, 6.45) is 0.916. The molecule has 6 nitrogen and oxygen atoms in total. The van der Waals surface area contributed by atoms with Crippen LogP contribution in [0.3, 0.4) is 0 Å². The Morgan fingerprint density at radius 3 is 2.47 bits per heavy atom. The predicted molar refractivity (Wildman–Crippen MR) is 116 cm³/mol. The molecule has 0 radical (unpaired) electrons. The molecule has 0 unspecified atom stereocenters. The third-order valence-electron chi connectivity index (χ3n) is 5.80. The Hall–Kier alpha value is -2.96. The van der Waals surface area contributed by atoms with Gasteiger partial charge in [-0.25, -0.2) is 0 Å². The lowest BCUT2D eigenvalue weighted by Crippen LogP contribution is -3.28. The van der Waals surface area contributed by atoms with Gasteiger partial charge >= 0.3 is 0 Å². The van der Waals surface area contributed by atoms with E-state index in [1.807, 2.05) is 54.6 Å². The average molecular weight is 407 g/mol. The topological polar surface area (TPSA) is 64.0 Å². The first-order valence-corrected chi connectivity index (χ1v) is 10.8. The van der Waals surface area contributed by atoms with Crippen LogP contribution in [0.1, 0.15) is 18.2 Å². The maximum absolute atomic E-state index is 12.5. The van der Waals surface area contributed by atoms with Crippen molar-refractivity contribution in [1.29, 1.82) is 0 Å². The number of rotatable bonds is 7. The average Bonchev–Trinajstić information content (AvgIpc) is 3.24. The van der Waals surface area contributed by atoms with Crippen molar-refractivity contribution in [2.45, 2.75) is 19.9 Å². The number of benzene rings is 2. The highest BCUT2D eigenvalue weighted by molar-refractivity contribution is 5.92. The number of aryl methyl sites for hydroxylation is 1. The van der Waals surface area contributed by atoms with E-state index in [0.29, 0.717) is 6.54 Å². The number of carbonyl (C=O) groups is 1. The maximum Gasteiger partial charge on any atom is 0.279 e. The Kier molecular flexibility index (Phi) is 6.57. The second-order valence-corrected chi connectivity index (χ2v) is 7.96. The fourth-order valence-corrected chi connectivity index (χ4v) is 4.07. The fraction of sp³-hybridized carbons (Fsp3) is 0.333. The summed E-state index contributed by atoms with van der Waals surface area (Å²) in [4.78, 5) is 15.3. The quantitative estimate of drug-likeness (QED) is 0.545. The third kappa shape index (κ3) is 5.14. The molecule has 6 heteroatoms. The second-order valence-electron chi connectivity index (χ2n) is 7.96. The van der Waals surface area contributed by atoms with Crippen molar-refractivity contribution >= 4 is 11.6 Å². The molecule has 0 spiro atoms. The molecule has 1 aliphatic heterocycles. The molecule has 2 heterocycles. The van der Waals surface area contributed by atoms with Gasteiger partial charge in [0, 0.05) is 17.3 Å². The van der Waals surface area contributed by atoms with Gasteiger partial charge in [0.2, 0.25) is 0 Å². The number of nitrogens with zero attached hydrogens (tertiary/aromatic N) is 1. The zero-order valence-electron chi connectivity index (χ0n) is 17.5. The van der Waals surface area contributed by atoms with Crippen LogP contribution in [0.5, 0.6) is 0 Å². The van der Waals surface area contributed by atoms with Gasteiger partial charge < -0.3 is 19.6 Å². The van der Waals surface area contributed by atoms with Gasteiger partial charge in [-0.05, 0) is 18.1 Å². The molecule has 1 aliphatic rings. The van der Waals surface area contributed by atoms with Crippen molar-refractivity contribution in [1.82, 2.24) is 5.16 Å². The van der Waals surface area contributed by atoms with Gasteiger partial charge in [0.25, 0.3) is 5.91 Å². The van der Waals surface area contributed by atoms with Crippen molar-refractivity contribution in [3.05, 3.63) is 71.9 Å². The Morgan fingerprint density at radius 2 is 1.70 bits per heavy atom. The smallest absolute Gasteiger partial charge is 0.279 e. The zero-order valence-corrected chi connectivity index (χ0v) is 17.5. The molecule has 1 amide bonds. The number of piperazine rings is 1. The molecule has 0 bridgehead atoms. The maximum atomic E-state index is 12.5. The third-order valence-corrected chi connectivity index (χ3v) is 5.80. The molecule has 156 valence electrons. The number of anilines is 1. The lowest BCUT2D eigenvalue weighted by molar-refractivity contribution is -1.02. The molecule has 0 aliphatic carbocycles. The van der Waals surface area contributed by atoms with E-state index in [1.165, 1.54) is 15.4 Å².